The van der Waals surface area contributed by atoms with Gasteiger partial charge in [0.05, 0.1) is 12.9 Å². The number of furan rings is 1. The van der Waals surface area contributed by atoms with Crippen LogP contribution in [-0.4, -0.2) is 23.9 Å². The lowest BCUT2D eigenvalue weighted by Gasteiger charge is -2.14. The third-order valence-electron chi connectivity index (χ3n) is 2.79. The van der Waals surface area contributed by atoms with Gasteiger partial charge in [0.15, 0.2) is 0 Å². The number of amides is 1. The first-order chi connectivity index (χ1) is 9.65. The molecule has 0 fully saturated rings. The van der Waals surface area contributed by atoms with Crippen LogP contribution >= 0.6 is 11.8 Å². The van der Waals surface area contributed by atoms with Crippen LogP contribution in [0.2, 0.25) is 0 Å². The van der Waals surface area contributed by atoms with Crippen LogP contribution in [0.25, 0.3) is 0 Å². The third-order valence-corrected chi connectivity index (χ3v) is 3.54. The number of carbonyl (C=O) groups is 1. The van der Waals surface area contributed by atoms with Gasteiger partial charge in [-0.1, -0.05) is 0 Å². The molecule has 20 heavy (non-hydrogen) atoms. The molecule has 0 spiro atoms. The molecular formula is C14H14FNO3S. The summed E-state index contributed by atoms with van der Waals surface area (Å²) >= 11 is 1.23. The fourth-order valence-electron chi connectivity index (χ4n) is 1.74. The minimum atomic E-state index is -0.625. The van der Waals surface area contributed by atoms with E-state index in [-0.39, 0.29) is 12.4 Å². The minimum absolute atomic E-state index is 0.282. The molecule has 0 aliphatic rings. The van der Waals surface area contributed by atoms with Gasteiger partial charge in [0.25, 0.3) is 5.91 Å². The van der Waals surface area contributed by atoms with Crippen LogP contribution in [0.3, 0.4) is 0 Å². The largest absolute Gasteiger partial charge is 0.467 e. The fourth-order valence-corrected chi connectivity index (χ4v) is 2.25. The number of carbonyl (C=O) groups excluding carboxylic acids is 1. The van der Waals surface area contributed by atoms with Gasteiger partial charge in [-0.2, -0.15) is 0 Å². The van der Waals surface area contributed by atoms with Crippen molar-refractivity contribution in [2.75, 3.05) is 12.9 Å². The van der Waals surface area contributed by atoms with E-state index in [0.29, 0.717) is 16.2 Å². The number of rotatable bonds is 5. The first-order valence-electron chi connectivity index (χ1n) is 5.94. The van der Waals surface area contributed by atoms with Crippen molar-refractivity contribution < 1.29 is 18.7 Å². The number of hydrogen-bond donors (Lipinski definition) is 2. The maximum atomic E-state index is 13.4. The highest BCUT2D eigenvalue weighted by Gasteiger charge is 2.18. The molecule has 1 amide bonds. The zero-order chi connectivity index (χ0) is 14.5. The lowest BCUT2D eigenvalue weighted by atomic mass is 10.1. The lowest BCUT2D eigenvalue weighted by Crippen LogP contribution is -2.30. The molecule has 0 saturated heterocycles. The van der Waals surface area contributed by atoms with Crippen LogP contribution < -0.4 is 5.32 Å². The van der Waals surface area contributed by atoms with Gasteiger partial charge in [0.1, 0.15) is 17.6 Å². The molecule has 0 saturated carbocycles. The Morgan fingerprint density at radius 2 is 2.30 bits per heavy atom. The zero-order valence-corrected chi connectivity index (χ0v) is 11.6. The van der Waals surface area contributed by atoms with E-state index in [1.165, 1.54) is 36.2 Å². The summed E-state index contributed by atoms with van der Waals surface area (Å²) in [6, 6.07) is 6.85. The van der Waals surface area contributed by atoms with Crippen LogP contribution in [0.4, 0.5) is 4.39 Å². The normalized spacial score (nSPS) is 12.2. The summed E-state index contributed by atoms with van der Waals surface area (Å²) in [5.41, 5.74) is 0.334. The van der Waals surface area contributed by atoms with E-state index in [4.69, 9.17) is 4.42 Å². The zero-order valence-electron chi connectivity index (χ0n) is 10.8. The summed E-state index contributed by atoms with van der Waals surface area (Å²) in [5, 5.41) is 11.9. The Morgan fingerprint density at radius 3 is 2.90 bits per heavy atom. The van der Waals surface area contributed by atoms with Crippen molar-refractivity contribution in [1.82, 2.24) is 5.32 Å². The van der Waals surface area contributed by atoms with E-state index < -0.39 is 11.9 Å². The monoisotopic (exact) mass is 295 g/mol. The highest BCUT2D eigenvalue weighted by atomic mass is 32.2. The number of halogens is 1. The number of hydrogen-bond acceptors (Lipinski definition) is 4. The Labute approximate surface area is 120 Å². The molecule has 1 aromatic carbocycles. The first-order valence-corrected chi connectivity index (χ1v) is 7.17. The molecule has 0 radical (unpaired) electrons. The molecule has 4 nitrogen and oxygen atoms in total. The Morgan fingerprint density at radius 1 is 1.50 bits per heavy atom. The highest BCUT2D eigenvalue weighted by Crippen LogP contribution is 2.21. The molecule has 0 bridgehead atoms. The highest BCUT2D eigenvalue weighted by molar-refractivity contribution is 7.98. The molecule has 1 aromatic heterocycles. The SMILES string of the molecule is CSc1cc(C(=O)NC(CO)c2ccco2)ccc1F. The van der Waals surface area contributed by atoms with Crippen molar-refractivity contribution in [3.63, 3.8) is 0 Å². The fraction of sp³-hybridized carbons (Fsp3) is 0.214. The van der Waals surface area contributed by atoms with Crippen molar-refractivity contribution in [1.29, 1.82) is 0 Å². The van der Waals surface area contributed by atoms with Crippen LogP contribution in [-0.2, 0) is 0 Å². The summed E-state index contributed by atoms with van der Waals surface area (Å²) in [6.07, 6.45) is 3.20. The van der Waals surface area contributed by atoms with E-state index in [1.54, 1.807) is 18.4 Å². The van der Waals surface area contributed by atoms with Crippen molar-refractivity contribution in [2.45, 2.75) is 10.9 Å². The maximum Gasteiger partial charge on any atom is 0.251 e. The van der Waals surface area contributed by atoms with Crippen molar-refractivity contribution in [3.8, 4) is 0 Å². The van der Waals surface area contributed by atoms with E-state index in [2.05, 4.69) is 5.32 Å². The Kier molecular flexibility index (Phi) is 4.81. The van der Waals surface area contributed by atoms with E-state index in [9.17, 15) is 14.3 Å². The lowest BCUT2D eigenvalue weighted by molar-refractivity contribution is 0.0907. The number of thioether (sulfide) groups is 1. The molecule has 6 heteroatoms. The smallest absolute Gasteiger partial charge is 0.251 e. The molecule has 106 valence electrons. The second-order valence-electron chi connectivity index (χ2n) is 4.07. The van der Waals surface area contributed by atoms with Gasteiger partial charge in [0.2, 0.25) is 0 Å². The maximum absolute atomic E-state index is 13.4. The molecule has 0 aliphatic heterocycles. The van der Waals surface area contributed by atoms with Gasteiger partial charge in [-0.05, 0) is 36.6 Å². The van der Waals surface area contributed by atoms with Crippen molar-refractivity contribution in [3.05, 3.63) is 53.7 Å². The Hall–Kier alpha value is -1.79. The predicted molar refractivity (Wildman–Crippen MR) is 74.2 cm³/mol. The van der Waals surface area contributed by atoms with E-state index in [1.807, 2.05) is 0 Å². The third kappa shape index (κ3) is 3.20. The second-order valence-corrected chi connectivity index (χ2v) is 4.92. The second kappa shape index (κ2) is 6.58. The topological polar surface area (TPSA) is 62.5 Å². The van der Waals surface area contributed by atoms with Gasteiger partial charge in [-0.3, -0.25) is 4.79 Å². The summed E-state index contributed by atoms with van der Waals surface area (Å²) in [4.78, 5) is 12.5. The molecule has 1 unspecified atom stereocenters. The molecule has 1 heterocycles. The Bertz CT molecular complexity index is 586. The summed E-state index contributed by atoms with van der Waals surface area (Å²) < 4.78 is 18.5. The molecular weight excluding hydrogens is 281 g/mol. The minimum Gasteiger partial charge on any atom is -0.467 e. The summed E-state index contributed by atoms with van der Waals surface area (Å²) in [7, 11) is 0. The van der Waals surface area contributed by atoms with E-state index in [0.717, 1.165) is 0 Å². The first kappa shape index (κ1) is 14.6. The standard InChI is InChI=1S/C14H14FNO3S/c1-20-13-7-9(4-5-10(13)15)14(18)16-11(8-17)12-3-2-6-19-12/h2-7,11,17H,8H2,1H3,(H,16,18). The summed E-state index contributed by atoms with van der Waals surface area (Å²) in [6.45, 7) is -0.282. The van der Waals surface area contributed by atoms with Crippen LogP contribution in [0, 0.1) is 5.82 Å². The van der Waals surface area contributed by atoms with Crippen LogP contribution in [0.5, 0.6) is 0 Å². The van der Waals surface area contributed by atoms with E-state index >= 15 is 0 Å². The van der Waals surface area contributed by atoms with Crippen LogP contribution in [0.1, 0.15) is 22.2 Å². The van der Waals surface area contributed by atoms with Gasteiger partial charge in [0, 0.05) is 10.5 Å². The average molecular weight is 295 g/mol. The quantitative estimate of drug-likeness (QED) is 0.832. The Balaban J connectivity index is 2.15. The van der Waals surface area contributed by atoms with Crippen LogP contribution in [0.15, 0.2) is 45.9 Å². The van der Waals surface area contributed by atoms with Gasteiger partial charge in [-0.25, -0.2) is 4.39 Å². The van der Waals surface area contributed by atoms with Gasteiger partial charge < -0.3 is 14.8 Å². The summed E-state index contributed by atoms with van der Waals surface area (Å²) in [5.74, 6) is -0.289. The number of benzene rings is 1. The van der Waals surface area contributed by atoms with Crippen molar-refractivity contribution >= 4 is 17.7 Å². The average Bonchev–Trinajstić information content (AvgIpc) is 2.99. The molecule has 1 atom stereocenters. The van der Waals surface area contributed by atoms with Crippen molar-refractivity contribution in [2.24, 2.45) is 0 Å². The number of aliphatic hydroxyl groups excluding tert-OH is 1. The number of nitrogens with one attached hydrogen (secondary N) is 1. The predicted octanol–water partition coefficient (Wildman–Crippen LogP) is 2.60. The van der Waals surface area contributed by atoms with Gasteiger partial charge in [-0.15, -0.1) is 11.8 Å². The molecule has 2 rings (SSSR count). The molecule has 2 N–H and O–H groups in total. The van der Waals surface area contributed by atoms with Gasteiger partial charge >= 0.3 is 0 Å². The number of aliphatic hydroxyl groups is 1. The molecule has 2 aromatic rings. The molecule has 0 aliphatic carbocycles.